The second-order valence-electron chi connectivity index (χ2n) is 18.7. The lowest BCUT2D eigenvalue weighted by Crippen LogP contribution is -2.62. The topological polar surface area (TPSA) is 154 Å². The molecule has 5 atom stereocenters. The van der Waals surface area contributed by atoms with Gasteiger partial charge in [0.25, 0.3) is 5.91 Å². The van der Waals surface area contributed by atoms with Crippen molar-refractivity contribution in [2.45, 2.75) is 110 Å². The molecule has 3 aromatic heterocycles. The van der Waals surface area contributed by atoms with Crippen LogP contribution in [0.4, 0.5) is 4.79 Å². The first-order valence-corrected chi connectivity index (χ1v) is 23.2. The number of hydrazine groups is 1. The van der Waals surface area contributed by atoms with Gasteiger partial charge in [0.1, 0.15) is 18.1 Å². The Morgan fingerprint density at radius 3 is 2.59 bits per heavy atom. The molecule has 0 aliphatic carbocycles. The first-order chi connectivity index (χ1) is 30.0. The molecule has 2 N–H and O–H groups in total. The molecule has 0 saturated carbocycles. The molecule has 3 aliphatic heterocycles. The third-order valence-electron chi connectivity index (χ3n) is 12.9. The molecule has 2 fully saturated rings. The second kappa shape index (κ2) is 19.1. The summed E-state index contributed by atoms with van der Waals surface area (Å²) in [5.41, 5.74) is 9.40. The molecule has 63 heavy (non-hydrogen) atoms. The Morgan fingerprint density at radius 1 is 1.11 bits per heavy atom. The molecule has 3 aliphatic rings. The number of aryl methyl sites for hydroxylation is 1. The van der Waals surface area contributed by atoms with Crippen LogP contribution in [0.2, 0.25) is 0 Å². The number of ether oxygens (including phenoxy) is 2. The van der Waals surface area contributed by atoms with Gasteiger partial charge in [-0.3, -0.25) is 24.4 Å². The summed E-state index contributed by atoms with van der Waals surface area (Å²) in [6.07, 6.45) is 4.16. The van der Waals surface area contributed by atoms with E-state index in [0.29, 0.717) is 50.4 Å². The van der Waals surface area contributed by atoms with Crippen LogP contribution in [-0.2, 0) is 43.2 Å². The quantitative estimate of drug-likeness (QED) is 0.194. The average Bonchev–Trinajstić information content (AvgIpc) is 4.02. The number of benzene rings is 1. The number of amides is 4. The fourth-order valence-electron chi connectivity index (χ4n) is 9.43. The normalized spacial score (nSPS) is 21.7. The minimum absolute atomic E-state index is 0.112. The highest BCUT2D eigenvalue weighted by atomic mass is 32.1. The van der Waals surface area contributed by atoms with Gasteiger partial charge in [0.2, 0.25) is 5.91 Å². The molecule has 7 rings (SSSR count). The van der Waals surface area contributed by atoms with Crippen LogP contribution in [-0.4, -0.2) is 137 Å². The van der Waals surface area contributed by atoms with Gasteiger partial charge in [-0.05, 0) is 89.4 Å². The molecular formula is C47H65N9O6S. The van der Waals surface area contributed by atoms with Gasteiger partial charge < -0.3 is 34.1 Å². The predicted molar refractivity (Wildman–Crippen MR) is 245 cm³/mol. The summed E-state index contributed by atoms with van der Waals surface area (Å²) in [4.78, 5) is 72.0. The number of fused-ring (bicyclic) bond motifs is 6. The van der Waals surface area contributed by atoms with E-state index in [1.54, 1.807) is 25.3 Å². The van der Waals surface area contributed by atoms with Crippen molar-refractivity contribution in [1.82, 2.24) is 45.0 Å². The van der Waals surface area contributed by atoms with Crippen molar-refractivity contribution in [3.05, 3.63) is 58.2 Å². The van der Waals surface area contributed by atoms with Gasteiger partial charge in [-0.15, -0.1) is 11.3 Å². The van der Waals surface area contributed by atoms with E-state index >= 15 is 0 Å². The summed E-state index contributed by atoms with van der Waals surface area (Å²) < 4.78 is 14.2. The minimum atomic E-state index is -1.04. The number of methoxy groups -OCH3 is 1. The van der Waals surface area contributed by atoms with Crippen LogP contribution in [0.1, 0.15) is 83.2 Å². The van der Waals surface area contributed by atoms with Gasteiger partial charge in [-0.2, -0.15) is 0 Å². The van der Waals surface area contributed by atoms with Crippen molar-refractivity contribution < 1.29 is 28.7 Å². The molecule has 16 heteroatoms. The molecular weight excluding hydrogens is 819 g/mol. The molecule has 15 nitrogen and oxygen atoms in total. The maximum atomic E-state index is 14.6. The number of esters is 1. The molecule has 1 aromatic carbocycles. The standard InChI is InChI=1S/C47H65N9O6S/c1-11-55-38-17-16-30-22-33(38)34(42(55)32-14-12-19-48-40(32)29(4)61-10)24-47(5,6)27-62-45(59)35-15-13-20-56(51-35)44(58)36(23-39-49-37(30)26-63-39)50-43(57)41(28(2)3)53(9)46(60)54-21-18-31(25-54)52(7)8/h12,14,16-17,19,22,26,28-29,31,35-36,41,51H,11,13,15,18,20-21,23-25,27H2,1-10H3,(H,50,57)/t29-,31+,35-,36-,41?/m0/s1. The molecule has 6 heterocycles. The maximum absolute atomic E-state index is 14.6. The summed E-state index contributed by atoms with van der Waals surface area (Å²) in [7, 11) is 7.37. The Bertz CT molecular complexity index is 2320. The first kappa shape index (κ1) is 46.1. The van der Waals surface area contributed by atoms with Gasteiger partial charge in [-0.1, -0.05) is 33.8 Å². The zero-order valence-corrected chi connectivity index (χ0v) is 39.4. The second-order valence-corrected chi connectivity index (χ2v) is 19.6. The number of likely N-dealkylation sites (tertiary alicyclic amines) is 1. The molecule has 4 aromatic rings. The van der Waals surface area contributed by atoms with Crippen molar-refractivity contribution >= 4 is 46.1 Å². The minimum Gasteiger partial charge on any atom is -0.464 e. The highest BCUT2D eigenvalue weighted by molar-refractivity contribution is 7.10. The average molecular weight is 884 g/mol. The Kier molecular flexibility index (Phi) is 13.9. The van der Waals surface area contributed by atoms with Crippen molar-refractivity contribution in [3.8, 4) is 22.5 Å². The zero-order chi connectivity index (χ0) is 45.3. The predicted octanol–water partition coefficient (Wildman–Crippen LogP) is 5.91. The fourth-order valence-corrected chi connectivity index (χ4v) is 10.3. The van der Waals surface area contributed by atoms with Gasteiger partial charge in [0.15, 0.2) is 0 Å². The Morgan fingerprint density at radius 2 is 1.89 bits per heavy atom. The number of aromatic nitrogens is 3. The number of nitrogens with one attached hydrogen (secondary N) is 2. The third-order valence-corrected chi connectivity index (χ3v) is 13.8. The number of pyridine rings is 1. The summed E-state index contributed by atoms with van der Waals surface area (Å²) in [5, 5.41) is 8.23. The van der Waals surface area contributed by atoms with Crippen LogP contribution >= 0.6 is 11.3 Å². The van der Waals surface area contributed by atoms with Crippen molar-refractivity contribution in [2.24, 2.45) is 11.3 Å². The van der Waals surface area contributed by atoms with Gasteiger partial charge >= 0.3 is 12.0 Å². The van der Waals surface area contributed by atoms with Crippen LogP contribution in [0.25, 0.3) is 33.4 Å². The van der Waals surface area contributed by atoms with Crippen molar-refractivity contribution in [2.75, 3.05) is 54.5 Å². The van der Waals surface area contributed by atoms with E-state index in [1.807, 2.05) is 46.3 Å². The monoisotopic (exact) mass is 883 g/mol. The molecule has 340 valence electrons. The smallest absolute Gasteiger partial charge is 0.324 e. The number of likely N-dealkylation sites (N-methyl/N-ethyl adjacent to an activating group) is 2. The molecule has 0 spiro atoms. The molecule has 6 bridgehead atoms. The van der Waals surface area contributed by atoms with Crippen LogP contribution in [0.15, 0.2) is 41.9 Å². The Balaban J connectivity index is 1.28. The van der Waals surface area contributed by atoms with E-state index in [0.717, 1.165) is 51.1 Å². The lowest BCUT2D eigenvalue weighted by atomic mass is 9.84. The summed E-state index contributed by atoms with van der Waals surface area (Å²) in [6.45, 7) is 14.5. The SMILES string of the molecule is CCn1c(-c2cccnc2[C@H](C)OC)c2c3cc(ccc31)-c1csc(n1)C[C@H](NC(=O)C(C(C)C)N(C)C(=O)N1CC[C@@H](N(C)C)C1)C(=O)N1CCC[C@H](N1)C(=O)OCC(C)(C)C2. The largest absolute Gasteiger partial charge is 0.464 e. The van der Waals surface area contributed by atoms with E-state index in [1.165, 1.54) is 21.2 Å². The third kappa shape index (κ3) is 9.64. The van der Waals surface area contributed by atoms with Crippen molar-refractivity contribution in [3.63, 3.8) is 0 Å². The van der Waals surface area contributed by atoms with E-state index < -0.39 is 35.4 Å². The van der Waals surface area contributed by atoms with Crippen LogP contribution in [0.3, 0.4) is 0 Å². The number of carbonyl (C=O) groups is 4. The fraction of sp³-hybridized carbons (Fsp3) is 0.574. The van der Waals surface area contributed by atoms with Crippen molar-refractivity contribution in [1.29, 1.82) is 0 Å². The summed E-state index contributed by atoms with van der Waals surface area (Å²) >= 11 is 1.43. The number of hydrogen-bond acceptors (Lipinski definition) is 11. The Hall–Kier alpha value is -4.90. The number of hydrogen-bond donors (Lipinski definition) is 2. The van der Waals surface area contributed by atoms with Gasteiger partial charge in [-0.25, -0.2) is 15.2 Å². The number of urea groups is 1. The maximum Gasteiger partial charge on any atom is 0.324 e. The first-order valence-electron chi connectivity index (χ1n) is 22.3. The Labute approximate surface area is 375 Å². The summed E-state index contributed by atoms with van der Waals surface area (Å²) in [5.74, 6) is -1.50. The van der Waals surface area contributed by atoms with Crippen LogP contribution < -0.4 is 10.7 Å². The van der Waals surface area contributed by atoms with E-state index in [4.69, 9.17) is 19.4 Å². The van der Waals surface area contributed by atoms with Gasteiger partial charge in [0, 0.05) is 91.8 Å². The van der Waals surface area contributed by atoms with Gasteiger partial charge in [0.05, 0.1) is 34.8 Å². The van der Waals surface area contributed by atoms with E-state index in [9.17, 15) is 19.2 Å². The van der Waals surface area contributed by atoms with E-state index in [-0.39, 0.29) is 43.0 Å². The number of rotatable bonds is 9. The number of nitrogens with zero attached hydrogens (tertiary/aromatic N) is 7. The molecule has 4 amide bonds. The number of thiazole rings is 1. The number of carbonyl (C=O) groups excluding carboxylic acids is 4. The highest BCUT2D eigenvalue weighted by Gasteiger charge is 2.40. The number of cyclic esters (lactones) is 1. The highest BCUT2D eigenvalue weighted by Crippen LogP contribution is 2.42. The lowest BCUT2D eigenvalue weighted by Gasteiger charge is -2.37. The molecule has 0 radical (unpaired) electrons. The molecule has 1 unspecified atom stereocenters. The van der Waals surface area contributed by atoms with E-state index in [2.05, 4.69) is 65.2 Å². The van der Waals surface area contributed by atoms with Crippen LogP contribution in [0.5, 0.6) is 0 Å². The lowest BCUT2D eigenvalue weighted by molar-refractivity contribution is -0.155. The molecule has 2 saturated heterocycles. The summed E-state index contributed by atoms with van der Waals surface area (Å²) in [6, 6.07) is 7.86. The zero-order valence-electron chi connectivity index (χ0n) is 38.6. The van der Waals surface area contributed by atoms with Crippen LogP contribution in [0, 0.1) is 11.3 Å².